The molecule has 2 unspecified atom stereocenters. The van der Waals surface area contributed by atoms with Gasteiger partial charge in [0, 0.05) is 12.2 Å². The van der Waals surface area contributed by atoms with E-state index < -0.39 is 24.1 Å². The van der Waals surface area contributed by atoms with Crippen molar-refractivity contribution in [3.63, 3.8) is 0 Å². The van der Waals surface area contributed by atoms with Gasteiger partial charge >= 0.3 is 23.9 Å². The van der Waals surface area contributed by atoms with Gasteiger partial charge < -0.3 is 18.9 Å². The smallest absolute Gasteiger partial charge is 0.331 e. The van der Waals surface area contributed by atoms with Crippen LogP contribution in [-0.2, 0) is 38.1 Å². The van der Waals surface area contributed by atoms with Crippen LogP contribution < -0.4 is 0 Å². The topological polar surface area (TPSA) is 105 Å². The Bertz CT molecular complexity index is 475. The van der Waals surface area contributed by atoms with Gasteiger partial charge in [0.05, 0.1) is 11.8 Å². The molecule has 0 N–H and O–H groups in total. The summed E-state index contributed by atoms with van der Waals surface area (Å²) in [6.45, 7) is 9.70. The number of esters is 4. The van der Waals surface area contributed by atoms with Crippen LogP contribution in [0.1, 0.15) is 41.5 Å². The molecule has 0 heterocycles. The molecule has 26 heavy (non-hydrogen) atoms. The molecule has 0 aromatic rings. The van der Waals surface area contributed by atoms with E-state index in [-0.39, 0.29) is 37.0 Å². The van der Waals surface area contributed by atoms with Crippen LogP contribution in [-0.4, -0.2) is 49.3 Å². The standard InChI is InChI=1S/C18H28O8/c1-11(2)17(21)25-13(5)9-23-15(19)7-8-16(20)24-10-14(6)26-18(22)12(3)4/h7-8,11-14H,9-10H2,1-6H3/b8-7+. The second-order valence-electron chi connectivity index (χ2n) is 6.40. The third-order valence-electron chi connectivity index (χ3n) is 2.85. The molecule has 0 bridgehead atoms. The first kappa shape index (κ1) is 23.6. The van der Waals surface area contributed by atoms with E-state index in [9.17, 15) is 19.2 Å². The van der Waals surface area contributed by atoms with Crippen LogP contribution in [0.2, 0.25) is 0 Å². The summed E-state index contributed by atoms with van der Waals surface area (Å²) in [6, 6.07) is 0. The fourth-order valence-electron chi connectivity index (χ4n) is 1.37. The van der Waals surface area contributed by atoms with Crippen molar-refractivity contribution in [2.75, 3.05) is 13.2 Å². The molecule has 0 aromatic heterocycles. The minimum absolute atomic E-state index is 0.126. The van der Waals surface area contributed by atoms with E-state index in [0.29, 0.717) is 0 Å². The van der Waals surface area contributed by atoms with Gasteiger partial charge in [-0.1, -0.05) is 27.7 Å². The first-order valence-electron chi connectivity index (χ1n) is 8.45. The minimum atomic E-state index is -0.770. The van der Waals surface area contributed by atoms with E-state index in [1.807, 2.05) is 0 Å². The van der Waals surface area contributed by atoms with Gasteiger partial charge in [0.15, 0.2) is 0 Å². The van der Waals surface area contributed by atoms with Crippen molar-refractivity contribution in [2.45, 2.75) is 53.8 Å². The molecule has 148 valence electrons. The highest BCUT2D eigenvalue weighted by molar-refractivity contribution is 5.91. The highest BCUT2D eigenvalue weighted by atomic mass is 16.6. The fourth-order valence-corrected chi connectivity index (χ4v) is 1.37. The van der Waals surface area contributed by atoms with Gasteiger partial charge in [-0.2, -0.15) is 0 Å². The van der Waals surface area contributed by atoms with Crippen LogP contribution in [0.5, 0.6) is 0 Å². The van der Waals surface area contributed by atoms with Crippen molar-refractivity contribution in [1.29, 1.82) is 0 Å². The Balaban J connectivity index is 4.10. The predicted molar refractivity (Wildman–Crippen MR) is 91.8 cm³/mol. The van der Waals surface area contributed by atoms with Crippen molar-refractivity contribution in [1.82, 2.24) is 0 Å². The minimum Gasteiger partial charge on any atom is -0.459 e. The van der Waals surface area contributed by atoms with Gasteiger partial charge in [0.2, 0.25) is 0 Å². The van der Waals surface area contributed by atoms with Crippen molar-refractivity contribution in [3.8, 4) is 0 Å². The van der Waals surface area contributed by atoms with Gasteiger partial charge in [0.25, 0.3) is 0 Å². The molecule has 8 nitrogen and oxygen atoms in total. The van der Waals surface area contributed by atoms with E-state index in [1.165, 1.54) is 0 Å². The Kier molecular flexibility index (Phi) is 10.9. The largest absolute Gasteiger partial charge is 0.459 e. The molecule has 0 radical (unpaired) electrons. The molecule has 0 spiro atoms. The summed E-state index contributed by atoms with van der Waals surface area (Å²) >= 11 is 0. The maximum atomic E-state index is 11.5. The normalized spacial score (nSPS) is 13.4. The molecule has 0 saturated heterocycles. The van der Waals surface area contributed by atoms with Gasteiger partial charge in [-0.05, 0) is 13.8 Å². The first-order valence-corrected chi connectivity index (χ1v) is 8.45. The van der Waals surface area contributed by atoms with Gasteiger partial charge in [-0.15, -0.1) is 0 Å². The van der Waals surface area contributed by atoms with Crippen molar-refractivity contribution in [3.05, 3.63) is 12.2 Å². The number of ether oxygens (including phenoxy) is 4. The summed E-state index contributed by atoms with van der Waals surface area (Å²) in [5, 5.41) is 0. The Morgan fingerprint density at radius 3 is 1.23 bits per heavy atom. The van der Waals surface area contributed by atoms with E-state index in [4.69, 9.17) is 18.9 Å². The van der Waals surface area contributed by atoms with Crippen LogP contribution >= 0.6 is 0 Å². The Morgan fingerprint density at radius 2 is 0.962 bits per heavy atom. The molecular formula is C18H28O8. The molecule has 0 rings (SSSR count). The molecule has 0 aliphatic heterocycles. The second-order valence-corrected chi connectivity index (χ2v) is 6.40. The lowest BCUT2D eigenvalue weighted by atomic mass is 10.2. The van der Waals surface area contributed by atoms with Gasteiger partial charge in [-0.3, -0.25) is 9.59 Å². The molecule has 0 aliphatic carbocycles. The SMILES string of the molecule is CC(COC(=O)/C=C/C(=O)OCC(C)OC(=O)C(C)C)OC(=O)C(C)C. The number of hydrogen-bond donors (Lipinski definition) is 0. The quantitative estimate of drug-likeness (QED) is 0.325. The molecule has 0 fully saturated rings. The molecule has 0 saturated carbocycles. The monoisotopic (exact) mass is 372 g/mol. The summed E-state index contributed by atoms with van der Waals surface area (Å²) in [7, 11) is 0. The Labute approximate surface area is 153 Å². The van der Waals surface area contributed by atoms with Crippen LogP contribution in [0.15, 0.2) is 12.2 Å². The maximum absolute atomic E-state index is 11.5. The number of carbonyl (C=O) groups is 4. The number of carbonyl (C=O) groups excluding carboxylic acids is 4. The predicted octanol–water partition coefficient (Wildman–Crippen LogP) is 1.80. The highest BCUT2D eigenvalue weighted by Crippen LogP contribution is 2.02. The van der Waals surface area contributed by atoms with Crippen LogP contribution in [0, 0.1) is 11.8 Å². The van der Waals surface area contributed by atoms with Gasteiger partial charge in [0.1, 0.15) is 25.4 Å². The zero-order valence-corrected chi connectivity index (χ0v) is 16.1. The Morgan fingerprint density at radius 1 is 0.654 bits per heavy atom. The van der Waals surface area contributed by atoms with E-state index in [2.05, 4.69) is 0 Å². The zero-order valence-electron chi connectivity index (χ0n) is 16.1. The summed E-state index contributed by atoms with van der Waals surface area (Å²) in [4.78, 5) is 45.8. The lowest BCUT2D eigenvalue weighted by molar-refractivity contribution is -0.159. The van der Waals surface area contributed by atoms with E-state index >= 15 is 0 Å². The molecule has 8 heteroatoms. The number of hydrogen-bond acceptors (Lipinski definition) is 8. The summed E-state index contributed by atoms with van der Waals surface area (Å²) in [5.41, 5.74) is 0. The third kappa shape index (κ3) is 11.2. The zero-order chi connectivity index (χ0) is 20.3. The van der Waals surface area contributed by atoms with Crippen molar-refractivity contribution >= 4 is 23.9 Å². The molecular weight excluding hydrogens is 344 g/mol. The first-order chi connectivity index (χ1) is 12.0. The second kappa shape index (κ2) is 12.1. The summed E-state index contributed by atoms with van der Waals surface area (Å²) < 4.78 is 19.8. The average Bonchev–Trinajstić information content (AvgIpc) is 2.55. The molecule has 0 aliphatic rings. The molecule has 0 amide bonds. The number of rotatable bonds is 10. The third-order valence-corrected chi connectivity index (χ3v) is 2.85. The average molecular weight is 372 g/mol. The van der Waals surface area contributed by atoms with E-state index in [1.54, 1.807) is 41.5 Å². The maximum Gasteiger partial charge on any atom is 0.331 e. The Hall–Kier alpha value is -2.38. The molecule has 0 aromatic carbocycles. The van der Waals surface area contributed by atoms with Crippen LogP contribution in [0.4, 0.5) is 0 Å². The van der Waals surface area contributed by atoms with Crippen LogP contribution in [0.3, 0.4) is 0 Å². The lowest BCUT2D eigenvalue weighted by Gasteiger charge is -2.14. The van der Waals surface area contributed by atoms with E-state index in [0.717, 1.165) is 12.2 Å². The lowest BCUT2D eigenvalue weighted by Crippen LogP contribution is -2.24. The van der Waals surface area contributed by atoms with Crippen LogP contribution in [0.25, 0.3) is 0 Å². The highest BCUT2D eigenvalue weighted by Gasteiger charge is 2.15. The fraction of sp³-hybridized carbons (Fsp3) is 0.667. The van der Waals surface area contributed by atoms with Crippen molar-refractivity contribution < 1.29 is 38.1 Å². The summed E-state index contributed by atoms with van der Waals surface area (Å²) in [5.74, 6) is -2.86. The molecule has 2 atom stereocenters. The van der Waals surface area contributed by atoms with Gasteiger partial charge in [-0.25, -0.2) is 9.59 Å². The van der Waals surface area contributed by atoms with Crippen molar-refractivity contribution in [2.24, 2.45) is 11.8 Å². The summed E-state index contributed by atoms with van der Waals surface area (Å²) in [6.07, 6.45) is 0.630.